The molecule has 124 valence electrons. The minimum absolute atomic E-state index is 0.117. The number of rotatable bonds is 1. The molecule has 7 nitrogen and oxygen atoms in total. The molecule has 24 heavy (non-hydrogen) atoms. The second-order valence-corrected chi connectivity index (χ2v) is 8.13. The summed E-state index contributed by atoms with van der Waals surface area (Å²) in [6.45, 7) is 1.94. The molecule has 8 heteroatoms. The van der Waals surface area contributed by atoms with Crippen molar-refractivity contribution >= 4 is 21.8 Å². The van der Waals surface area contributed by atoms with Crippen molar-refractivity contribution in [2.24, 2.45) is 0 Å². The van der Waals surface area contributed by atoms with Crippen LogP contribution in [0.15, 0.2) is 30.5 Å². The molecule has 0 aliphatic carbocycles. The molecule has 1 saturated heterocycles. The lowest BCUT2D eigenvalue weighted by atomic mass is 9.79. The fraction of sp³-hybridized carbons (Fsp3) is 0.312. The summed E-state index contributed by atoms with van der Waals surface area (Å²) in [5.74, 6) is -0.974. The zero-order valence-electron chi connectivity index (χ0n) is 12.9. The maximum atomic E-state index is 12.7. The highest BCUT2D eigenvalue weighted by atomic mass is 32.2. The Morgan fingerprint density at radius 3 is 2.58 bits per heavy atom. The van der Waals surface area contributed by atoms with E-state index in [0.29, 0.717) is 17.1 Å². The lowest BCUT2D eigenvalue weighted by Gasteiger charge is -2.29. The molecule has 0 bridgehead atoms. The molecule has 4 rings (SSSR count). The van der Waals surface area contributed by atoms with E-state index in [9.17, 15) is 18.0 Å². The molecule has 1 aromatic heterocycles. The Kier molecular flexibility index (Phi) is 2.99. The predicted octanol–water partition coefficient (Wildman–Crippen LogP) is 0.724. The van der Waals surface area contributed by atoms with Gasteiger partial charge in [-0.15, -0.1) is 0 Å². The lowest BCUT2D eigenvalue weighted by Crippen LogP contribution is -2.52. The molecule has 1 fully saturated rings. The van der Waals surface area contributed by atoms with Crippen molar-refractivity contribution in [2.75, 3.05) is 5.75 Å². The third kappa shape index (κ3) is 1.96. The van der Waals surface area contributed by atoms with Crippen LogP contribution in [0.4, 0.5) is 0 Å². The van der Waals surface area contributed by atoms with Crippen LogP contribution in [0.2, 0.25) is 0 Å². The summed E-state index contributed by atoms with van der Waals surface area (Å²) in [6, 6.07) is 7.35. The van der Waals surface area contributed by atoms with Crippen LogP contribution in [0.25, 0.3) is 11.4 Å². The van der Waals surface area contributed by atoms with Crippen LogP contribution in [-0.2, 0) is 25.0 Å². The van der Waals surface area contributed by atoms with E-state index >= 15 is 0 Å². The number of carbonyl (C=O) groups excluding carboxylic acids is 2. The number of imide groups is 1. The molecule has 1 spiro atoms. The summed E-state index contributed by atoms with van der Waals surface area (Å²) in [6.07, 6.45) is 1.73. The number of aromatic nitrogens is 2. The number of hydrogen-bond acceptors (Lipinski definition) is 5. The number of aryl methyl sites for hydroxylation is 1. The van der Waals surface area contributed by atoms with E-state index in [4.69, 9.17) is 0 Å². The third-order valence-corrected chi connectivity index (χ3v) is 6.48. The topological polar surface area (TPSA) is 98.1 Å². The van der Waals surface area contributed by atoms with Gasteiger partial charge in [0.1, 0.15) is 5.41 Å². The quantitative estimate of drug-likeness (QED) is 0.768. The molecule has 3 heterocycles. The summed E-state index contributed by atoms with van der Waals surface area (Å²) in [5.41, 5.74) is 0.821. The van der Waals surface area contributed by atoms with Crippen molar-refractivity contribution in [2.45, 2.75) is 25.2 Å². The van der Waals surface area contributed by atoms with E-state index in [-0.39, 0.29) is 24.5 Å². The number of amides is 2. The molecule has 0 saturated carbocycles. The summed E-state index contributed by atoms with van der Waals surface area (Å²) in [4.78, 5) is 28.1. The second kappa shape index (κ2) is 4.76. The third-order valence-electron chi connectivity index (χ3n) is 4.69. The molecule has 0 radical (unpaired) electrons. The fourth-order valence-electron chi connectivity index (χ4n) is 3.42. The van der Waals surface area contributed by atoms with Crippen LogP contribution in [0, 0.1) is 6.92 Å². The largest absolute Gasteiger partial charge is 0.296 e. The Balaban J connectivity index is 1.91. The van der Waals surface area contributed by atoms with Gasteiger partial charge in [-0.05, 0) is 13.3 Å². The molecule has 2 amide bonds. The summed E-state index contributed by atoms with van der Waals surface area (Å²) >= 11 is 0. The van der Waals surface area contributed by atoms with Crippen molar-refractivity contribution in [3.05, 3.63) is 41.7 Å². The Hall–Kier alpha value is -2.48. The molecule has 1 unspecified atom stereocenters. The van der Waals surface area contributed by atoms with Crippen LogP contribution in [-0.4, -0.2) is 34.9 Å². The number of fused-ring (bicyclic) bond motifs is 2. The van der Waals surface area contributed by atoms with Crippen molar-refractivity contribution in [1.82, 2.24) is 14.3 Å². The van der Waals surface area contributed by atoms with E-state index in [1.54, 1.807) is 12.1 Å². The number of nitrogens with zero attached hydrogens (tertiary/aromatic N) is 2. The molecular weight excluding hydrogens is 330 g/mol. The van der Waals surface area contributed by atoms with Gasteiger partial charge in [0.15, 0.2) is 5.82 Å². The monoisotopic (exact) mass is 345 g/mol. The Labute approximate surface area is 138 Å². The van der Waals surface area contributed by atoms with E-state index in [0.717, 1.165) is 9.54 Å². The van der Waals surface area contributed by atoms with Crippen LogP contribution >= 0.6 is 0 Å². The van der Waals surface area contributed by atoms with Gasteiger partial charge in [0, 0.05) is 12.0 Å². The molecule has 2 aliphatic rings. The van der Waals surface area contributed by atoms with Crippen LogP contribution < -0.4 is 5.32 Å². The first-order valence-corrected chi connectivity index (χ1v) is 9.17. The Morgan fingerprint density at radius 1 is 1.21 bits per heavy atom. The van der Waals surface area contributed by atoms with E-state index in [1.807, 2.05) is 19.1 Å². The highest BCUT2D eigenvalue weighted by molar-refractivity contribution is 7.90. The smallest absolute Gasteiger partial charge is 0.241 e. The van der Waals surface area contributed by atoms with Crippen LogP contribution in [0.5, 0.6) is 0 Å². The van der Waals surface area contributed by atoms with Gasteiger partial charge in [-0.3, -0.25) is 14.9 Å². The number of nitrogens with one attached hydrogen (secondary N) is 1. The maximum Gasteiger partial charge on any atom is 0.241 e. The van der Waals surface area contributed by atoms with E-state index in [1.165, 1.54) is 6.20 Å². The van der Waals surface area contributed by atoms with E-state index in [2.05, 4.69) is 10.3 Å². The summed E-state index contributed by atoms with van der Waals surface area (Å²) in [5, 5.41) is 2.26. The van der Waals surface area contributed by atoms with Gasteiger partial charge in [0.25, 0.3) is 0 Å². The zero-order chi connectivity index (χ0) is 17.1. The Bertz CT molecular complexity index is 975. The number of carbonyl (C=O) groups is 2. The SMILES string of the molecule is Cc1ccc(-c2ncc3n2S(=O)(=O)CC32CCC(=O)NC2=O)cc1. The summed E-state index contributed by atoms with van der Waals surface area (Å²) < 4.78 is 26.6. The standard InChI is InChI=1S/C16H15N3O4S/c1-10-2-4-11(5-3-10)14-17-8-12-16(9-24(22,23)19(12)14)7-6-13(20)18-15(16)21/h2-5,8H,6-7,9H2,1H3,(H,18,20,21). The first-order chi connectivity index (χ1) is 11.3. The number of hydrogen-bond donors (Lipinski definition) is 1. The minimum Gasteiger partial charge on any atom is -0.296 e. The van der Waals surface area contributed by atoms with Crippen molar-refractivity contribution < 1.29 is 18.0 Å². The molecule has 1 N–H and O–H groups in total. The van der Waals surface area contributed by atoms with Crippen molar-refractivity contribution in [3.63, 3.8) is 0 Å². The van der Waals surface area contributed by atoms with Gasteiger partial charge in [-0.1, -0.05) is 29.8 Å². The van der Waals surface area contributed by atoms with Gasteiger partial charge >= 0.3 is 0 Å². The van der Waals surface area contributed by atoms with Crippen molar-refractivity contribution in [1.29, 1.82) is 0 Å². The molecule has 1 aromatic carbocycles. The van der Waals surface area contributed by atoms with Gasteiger partial charge in [0.05, 0.1) is 17.6 Å². The Morgan fingerprint density at radius 2 is 1.92 bits per heavy atom. The van der Waals surface area contributed by atoms with Crippen molar-refractivity contribution in [3.8, 4) is 11.4 Å². The fourth-order valence-corrected chi connectivity index (χ4v) is 5.53. The maximum absolute atomic E-state index is 12.7. The first kappa shape index (κ1) is 15.1. The van der Waals surface area contributed by atoms with Crippen LogP contribution in [0.1, 0.15) is 24.1 Å². The zero-order valence-corrected chi connectivity index (χ0v) is 13.8. The van der Waals surface area contributed by atoms with Gasteiger partial charge < -0.3 is 0 Å². The van der Waals surface area contributed by atoms with E-state index < -0.39 is 21.3 Å². The summed E-state index contributed by atoms with van der Waals surface area (Å²) in [7, 11) is -3.73. The van der Waals surface area contributed by atoms with Gasteiger partial charge in [-0.2, -0.15) is 0 Å². The molecule has 1 atom stereocenters. The number of piperidine rings is 1. The van der Waals surface area contributed by atoms with Gasteiger partial charge in [-0.25, -0.2) is 17.4 Å². The minimum atomic E-state index is -3.73. The number of benzene rings is 1. The highest BCUT2D eigenvalue weighted by Crippen LogP contribution is 2.42. The number of imidazole rings is 1. The molecule has 2 aliphatic heterocycles. The lowest BCUT2D eigenvalue weighted by molar-refractivity contribution is -0.137. The molecular formula is C16H15N3O4S. The second-order valence-electron chi connectivity index (χ2n) is 6.31. The molecule has 2 aromatic rings. The highest BCUT2D eigenvalue weighted by Gasteiger charge is 2.56. The first-order valence-electron chi connectivity index (χ1n) is 7.56. The average molecular weight is 345 g/mol. The normalized spacial score (nSPS) is 24.9. The van der Waals surface area contributed by atoms with Crippen LogP contribution in [0.3, 0.4) is 0 Å². The predicted molar refractivity (Wildman–Crippen MR) is 85.6 cm³/mol. The average Bonchev–Trinajstić information content (AvgIpc) is 3.05. The van der Waals surface area contributed by atoms with Gasteiger partial charge in [0.2, 0.25) is 21.8 Å².